The largest absolute Gasteiger partial charge is 0.359 e. The third kappa shape index (κ3) is 3.26. The van der Waals surface area contributed by atoms with Gasteiger partial charge in [0.25, 0.3) is 0 Å². The Balaban J connectivity index is 1.63. The molecule has 0 saturated carbocycles. The maximum atomic E-state index is 5.18. The van der Waals surface area contributed by atoms with E-state index >= 15 is 0 Å². The van der Waals surface area contributed by atoms with Crippen LogP contribution in [0.1, 0.15) is 11.1 Å². The minimum absolute atomic E-state index is 0.572. The molecular weight excluding hydrogens is 292 g/mol. The molecule has 0 unspecified atom stereocenters. The van der Waals surface area contributed by atoms with Crippen LogP contribution in [0.2, 0.25) is 0 Å². The number of rotatable bonds is 4. The van der Waals surface area contributed by atoms with Crippen molar-refractivity contribution in [1.82, 2.24) is 10.3 Å². The van der Waals surface area contributed by atoms with Gasteiger partial charge in [0, 0.05) is 19.6 Å². The van der Waals surface area contributed by atoms with E-state index in [1.807, 2.05) is 12.1 Å². The van der Waals surface area contributed by atoms with Crippen LogP contribution in [-0.4, -0.2) is 16.6 Å². The maximum Gasteiger partial charge on any atom is 0.171 e. The average Bonchev–Trinajstić information content (AvgIpc) is 2.97. The van der Waals surface area contributed by atoms with Gasteiger partial charge in [0.1, 0.15) is 5.82 Å². The lowest BCUT2D eigenvalue weighted by atomic mass is 10.1. The first-order chi connectivity index (χ1) is 10.8. The highest BCUT2D eigenvalue weighted by molar-refractivity contribution is 7.80. The Morgan fingerprint density at radius 3 is 2.55 bits per heavy atom. The van der Waals surface area contributed by atoms with E-state index in [2.05, 4.69) is 51.4 Å². The number of thiocarbonyl (C=S) groups is 1. The van der Waals surface area contributed by atoms with Crippen molar-refractivity contribution in [2.45, 2.75) is 13.1 Å². The minimum atomic E-state index is 0.572. The summed E-state index contributed by atoms with van der Waals surface area (Å²) in [4.78, 5) is 6.80. The fourth-order valence-electron chi connectivity index (χ4n) is 2.48. The number of hydrogen-bond donors (Lipinski definition) is 2. The number of fused-ring (bicyclic) bond motifs is 1. The first-order valence-corrected chi connectivity index (χ1v) is 7.60. The first-order valence-electron chi connectivity index (χ1n) is 7.20. The number of aromatic nitrogens is 1. The van der Waals surface area contributed by atoms with Crippen molar-refractivity contribution in [3.63, 3.8) is 0 Å². The van der Waals surface area contributed by atoms with Gasteiger partial charge in [-0.15, -0.1) is 6.58 Å². The number of benzene rings is 1. The lowest BCUT2D eigenvalue weighted by Crippen LogP contribution is -2.28. The standard InChI is InChI=1S/C17H18N4S/c1-2-9-18-17(22)20-15-7-8-16(19-10-15)21-11-13-5-3-4-6-14(13)12-21/h2-8,10H,1,9,11-12H2,(H2,18,20,22). The van der Waals surface area contributed by atoms with E-state index in [4.69, 9.17) is 12.2 Å². The highest BCUT2D eigenvalue weighted by Gasteiger charge is 2.19. The van der Waals surface area contributed by atoms with Gasteiger partial charge in [-0.25, -0.2) is 4.98 Å². The summed E-state index contributed by atoms with van der Waals surface area (Å²) in [6.45, 7) is 6.11. The second-order valence-corrected chi connectivity index (χ2v) is 5.56. The highest BCUT2D eigenvalue weighted by atomic mass is 32.1. The molecule has 22 heavy (non-hydrogen) atoms. The van der Waals surface area contributed by atoms with Crippen LogP contribution in [0.3, 0.4) is 0 Å². The van der Waals surface area contributed by atoms with Gasteiger partial charge in [-0.1, -0.05) is 30.3 Å². The van der Waals surface area contributed by atoms with Crippen molar-refractivity contribution < 1.29 is 0 Å². The molecule has 0 spiro atoms. The number of anilines is 2. The van der Waals surface area contributed by atoms with Crippen LogP contribution in [-0.2, 0) is 13.1 Å². The molecule has 0 atom stereocenters. The summed E-state index contributed by atoms with van der Waals surface area (Å²) >= 11 is 5.18. The Morgan fingerprint density at radius 2 is 1.95 bits per heavy atom. The van der Waals surface area contributed by atoms with Gasteiger partial charge in [0.05, 0.1) is 11.9 Å². The zero-order valence-corrected chi connectivity index (χ0v) is 13.1. The van der Waals surface area contributed by atoms with Crippen molar-refractivity contribution in [2.24, 2.45) is 0 Å². The third-order valence-electron chi connectivity index (χ3n) is 3.58. The third-order valence-corrected chi connectivity index (χ3v) is 3.82. The highest BCUT2D eigenvalue weighted by Crippen LogP contribution is 2.27. The van der Waals surface area contributed by atoms with Crippen LogP contribution in [0.4, 0.5) is 11.5 Å². The van der Waals surface area contributed by atoms with Crippen molar-refractivity contribution in [1.29, 1.82) is 0 Å². The number of hydrogen-bond acceptors (Lipinski definition) is 3. The van der Waals surface area contributed by atoms with E-state index in [9.17, 15) is 0 Å². The fourth-order valence-corrected chi connectivity index (χ4v) is 2.68. The van der Waals surface area contributed by atoms with Gasteiger partial charge in [-0.3, -0.25) is 0 Å². The Bertz CT molecular complexity index is 656. The summed E-state index contributed by atoms with van der Waals surface area (Å²) in [7, 11) is 0. The molecular formula is C17H18N4S. The molecule has 0 aliphatic carbocycles. The normalized spacial score (nSPS) is 12.6. The van der Waals surface area contributed by atoms with Crippen LogP contribution in [0, 0.1) is 0 Å². The van der Waals surface area contributed by atoms with Crippen LogP contribution >= 0.6 is 12.2 Å². The molecule has 4 nitrogen and oxygen atoms in total. The molecule has 3 rings (SSSR count). The van der Waals surface area contributed by atoms with Crippen LogP contribution in [0.25, 0.3) is 0 Å². The topological polar surface area (TPSA) is 40.2 Å². The molecule has 2 heterocycles. The molecule has 1 aliphatic heterocycles. The molecule has 0 fully saturated rings. The molecule has 1 aromatic carbocycles. The average molecular weight is 310 g/mol. The molecule has 5 heteroatoms. The van der Waals surface area contributed by atoms with Gasteiger partial charge in [-0.05, 0) is 35.5 Å². The van der Waals surface area contributed by atoms with Crippen LogP contribution < -0.4 is 15.5 Å². The number of pyridine rings is 1. The molecule has 1 aromatic heterocycles. The molecule has 2 N–H and O–H groups in total. The summed E-state index contributed by atoms with van der Waals surface area (Å²) in [5.41, 5.74) is 3.63. The van der Waals surface area contributed by atoms with Crippen LogP contribution in [0.5, 0.6) is 0 Å². The molecule has 0 bridgehead atoms. The first kappa shape index (κ1) is 14.5. The Labute approximate surface area is 135 Å². The summed E-state index contributed by atoms with van der Waals surface area (Å²) in [6.07, 6.45) is 3.57. The number of nitrogens with one attached hydrogen (secondary N) is 2. The Hall–Kier alpha value is -2.40. The summed E-state index contributed by atoms with van der Waals surface area (Å²) in [5, 5.41) is 6.70. The second-order valence-electron chi connectivity index (χ2n) is 5.15. The van der Waals surface area contributed by atoms with E-state index < -0.39 is 0 Å². The molecule has 2 aromatic rings. The smallest absolute Gasteiger partial charge is 0.171 e. The van der Waals surface area contributed by atoms with E-state index in [1.165, 1.54) is 11.1 Å². The summed E-state index contributed by atoms with van der Waals surface area (Å²) in [6, 6.07) is 12.5. The number of nitrogens with zero attached hydrogens (tertiary/aromatic N) is 2. The van der Waals surface area contributed by atoms with Gasteiger partial charge in [-0.2, -0.15) is 0 Å². The predicted octanol–water partition coefficient (Wildman–Crippen LogP) is 3.07. The summed E-state index contributed by atoms with van der Waals surface area (Å²) in [5.74, 6) is 0.978. The van der Waals surface area contributed by atoms with Crippen molar-refractivity contribution in [3.8, 4) is 0 Å². The van der Waals surface area contributed by atoms with E-state index in [1.54, 1.807) is 12.3 Å². The summed E-state index contributed by atoms with van der Waals surface area (Å²) < 4.78 is 0. The zero-order valence-electron chi connectivity index (χ0n) is 12.2. The maximum absolute atomic E-state index is 5.18. The van der Waals surface area contributed by atoms with E-state index in [-0.39, 0.29) is 0 Å². The fraction of sp³-hybridized carbons (Fsp3) is 0.176. The molecule has 0 saturated heterocycles. The van der Waals surface area contributed by atoms with Crippen LogP contribution in [0.15, 0.2) is 55.3 Å². The quantitative estimate of drug-likeness (QED) is 0.671. The van der Waals surface area contributed by atoms with Crippen molar-refractivity contribution in [2.75, 3.05) is 16.8 Å². The lowest BCUT2D eigenvalue weighted by Gasteiger charge is -2.17. The minimum Gasteiger partial charge on any atom is -0.359 e. The Kier molecular flexibility index (Phi) is 4.34. The van der Waals surface area contributed by atoms with Crippen molar-refractivity contribution in [3.05, 3.63) is 66.4 Å². The van der Waals surface area contributed by atoms with Gasteiger partial charge < -0.3 is 15.5 Å². The van der Waals surface area contributed by atoms with E-state index in [0.29, 0.717) is 11.7 Å². The van der Waals surface area contributed by atoms with E-state index in [0.717, 1.165) is 24.6 Å². The van der Waals surface area contributed by atoms with Gasteiger partial charge in [0.15, 0.2) is 5.11 Å². The molecule has 0 radical (unpaired) electrons. The van der Waals surface area contributed by atoms with Gasteiger partial charge >= 0.3 is 0 Å². The second kappa shape index (κ2) is 6.58. The molecule has 1 aliphatic rings. The lowest BCUT2D eigenvalue weighted by molar-refractivity contribution is 0.857. The molecule has 0 amide bonds. The predicted molar refractivity (Wildman–Crippen MR) is 95.0 cm³/mol. The Morgan fingerprint density at radius 1 is 1.23 bits per heavy atom. The van der Waals surface area contributed by atoms with Crippen molar-refractivity contribution >= 4 is 28.8 Å². The monoisotopic (exact) mass is 310 g/mol. The zero-order chi connectivity index (χ0) is 15.4. The van der Waals surface area contributed by atoms with Gasteiger partial charge in [0.2, 0.25) is 0 Å². The molecule has 112 valence electrons. The SMILES string of the molecule is C=CCNC(=S)Nc1ccc(N2Cc3ccccc3C2)nc1.